The van der Waals surface area contributed by atoms with Gasteiger partial charge in [-0.15, -0.1) is 0 Å². The molecule has 1 N–H and O–H groups in total. The largest absolute Gasteiger partial charge is 0.485 e. The van der Waals surface area contributed by atoms with E-state index in [1.165, 1.54) is 4.68 Å². The van der Waals surface area contributed by atoms with Crippen molar-refractivity contribution < 1.29 is 4.74 Å². The van der Waals surface area contributed by atoms with Crippen molar-refractivity contribution in [3.63, 3.8) is 0 Å². The molecule has 158 valence electrons. The van der Waals surface area contributed by atoms with Gasteiger partial charge < -0.3 is 9.72 Å². The number of benzene rings is 3. The summed E-state index contributed by atoms with van der Waals surface area (Å²) in [4.78, 5) is 21.2. The fraction of sp³-hybridized carbons (Fsp3) is 0.115. The van der Waals surface area contributed by atoms with Gasteiger partial charge in [-0.3, -0.25) is 4.79 Å². The van der Waals surface area contributed by atoms with Crippen LogP contribution >= 0.6 is 0 Å². The van der Waals surface area contributed by atoms with Crippen molar-refractivity contribution in [3.8, 4) is 5.75 Å². The Morgan fingerprint density at radius 2 is 1.69 bits per heavy atom. The monoisotopic (exact) mass is 422 g/mol. The Balaban J connectivity index is 1.58. The number of hydrogen-bond acceptors (Lipinski definition) is 4. The van der Waals surface area contributed by atoms with Crippen molar-refractivity contribution in [3.05, 3.63) is 106 Å². The summed E-state index contributed by atoms with van der Waals surface area (Å²) < 4.78 is 7.43. The van der Waals surface area contributed by atoms with E-state index in [2.05, 4.69) is 15.1 Å². The molecule has 6 nitrogen and oxygen atoms in total. The zero-order valence-electron chi connectivity index (χ0n) is 17.9. The predicted octanol–water partition coefficient (Wildman–Crippen LogP) is 4.96. The lowest BCUT2D eigenvalue weighted by Gasteiger charge is -2.13. The van der Waals surface area contributed by atoms with E-state index >= 15 is 0 Å². The standard InChI is InChI=1S/C26H22N4O2/c1-17-8-7-9-18(2)25(17)32-16-24-29-23-13-6-4-11-21(23)26(31)30(24)28-15-19-14-27-22-12-5-3-10-20(19)22/h3-15,27H,16H2,1-2H3. The maximum Gasteiger partial charge on any atom is 0.282 e. The van der Waals surface area contributed by atoms with Gasteiger partial charge in [0.15, 0.2) is 5.82 Å². The molecule has 0 aliphatic rings. The topological polar surface area (TPSA) is 72.3 Å². The molecule has 0 aliphatic heterocycles. The van der Waals surface area contributed by atoms with Crippen LogP contribution in [0, 0.1) is 13.8 Å². The van der Waals surface area contributed by atoms with Crippen LogP contribution in [0.2, 0.25) is 0 Å². The minimum absolute atomic E-state index is 0.122. The van der Waals surface area contributed by atoms with Crippen LogP contribution in [0.5, 0.6) is 5.75 Å². The van der Waals surface area contributed by atoms with E-state index in [-0.39, 0.29) is 12.2 Å². The molecule has 2 heterocycles. The first-order valence-electron chi connectivity index (χ1n) is 10.4. The van der Waals surface area contributed by atoms with Gasteiger partial charge in [0.05, 0.1) is 17.1 Å². The zero-order valence-corrected chi connectivity index (χ0v) is 17.9. The van der Waals surface area contributed by atoms with Crippen LogP contribution in [0.15, 0.2) is 82.8 Å². The number of fused-ring (bicyclic) bond motifs is 2. The lowest BCUT2D eigenvalue weighted by atomic mass is 10.1. The van der Waals surface area contributed by atoms with Gasteiger partial charge in [0.2, 0.25) is 0 Å². The molecule has 32 heavy (non-hydrogen) atoms. The quantitative estimate of drug-likeness (QED) is 0.407. The Morgan fingerprint density at radius 3 is 2.50 bits per heavy atom. The van der Waals surface area contributed by atoms with Gasteiger partial charge >= 0.3 is 0 Å². The molecule has 5 aromatic rings. The van der Waals surface area contributed by atoms with Crippen LogP contribution in [0.4, 0.5) is 0 Å². The van der Waals surface area contributed by atoms with Gasteiger partial charge in [-0.05, 0) is 43.2 Å². The maximum absolute atomic E-state index is 13.3. The van der Waals surface area contributed by atoms with Crippen LogP contribution in [0.25, 0.3) is 21.8 Å². The lowest BCUT2D eigenvalue weighted by Crippen LogP contribution is -2.23. The third-order valence-corrected chi connectivity index (χ3v) is 5.51. The van der Waals surface area contributed by atoms with Crippen molar-refractivity contribution >= 4 is 28.0 Å². The molecule has 0 fully saturated rings. The molecule has 0 spiro atoms. The Bertz CT molecular complexity index is 1510. The smallest absolute Gasteiger partial charge is 0.282 e. The van der Waals surface area contributed by atoms with Gasteiger partial charge in [0.25, 0.3) is 5.56 Å². The first-order chi connectivity index (χ1) is 15.6. The first kappa shape index (κ1) is 19.8. The van der Waals surface area contributed by atoms with Gasteiger partial charge in [0, 0.05) is 22.7 Å². The maximum atomic E-state index is 13.3. The number of nitrogens with one attached hydrogen (secondary N) is 1. The molecule has 0 bridgehead atoms. The van der Waals surface area contributed by atoms with Gasteiger partial charge in [-0.2, -0.15) is 9.78 Å². The van der Waals surface area contributed by atoms with Crippen molar-refractivity contribution in [2.45, 2.75) is 20.5 Å². The molecule has 0 radical (unpaired) electrons. The minimum Gasteiger partial charge on any atom is -0.485 e. The Kier molecular flexibility index (Phi) is 5.03. The number of para-hydroxylation sites is 3. The Hall–Kier alpha value is -4.19. The van der Waals surface area contributed by atoms with Gasteiger partial charge in [-0.1, -0.05) is 48.5 Å². The second-order valence-corrected chi connectivity index (χ2v) is 7.71. The third kappa shape index (κ3) is 3.56. The molecule has 5 rings (SSSR count). The molecular weight excluding hydrogens is 400 g/mol. The summed E-state index contributed by atoms with van der Waals surface area (Å²) >= 11 is 0. The van der Waals surface area contributed by atoms with Crippen molar-refractivity contribution in [1.29, 1.82) is 0 Å². The molecule has 2 aromatic heterocycles. The zero-order chi connectivity index (χ0) is 22.1. The number of aromatic nitrogens is 3. The highest BCUT2D eigenvalue weighted by atomic mass is 16.5. The molecule has 6 heteroatoms. The number of H-pyrrole nitrogens is 1. The summed E-state index contributed by atoms with van der Waals surface area (Å²) in [7, 11) is 0. The van der Waals surface area contributed by atoms with E-state index < -0.39 is 0 Å². The van der Waals surface area contributed by atoms with Crippen LogP contribution in [0.1, 0.15) is 22.5 Å². The summed E-state index contributed by atoms with van der Waals surface area (Å²) in [5, 5.41) is 6.07. The number of rotatable bonds is 5. The average molecular weight is 422 g/mol. The van der Waals surface area contributed by atoms with Crippen LogP contribution in [-0.2, 0) is 6.61 Å². The third-order valence-electron chi connectivity index (χ3n) is 5.51. The Labute approximate surface area is 184 Å². The van der Waals surface area contributed by atoms with E-state index in [0.29, 0.717) is 16.7 Å². The van der Waals surface area contributed by atoms with Crippen molar-refractivity contribution in [1.82, 2.24) is 14.6 Å². The van der Waals surface area contributed by atoms with E-state index in [0.717, 1.165) is 33.3 Å². The number of aryl methyl sites for hydroxylation is 2. The Morgan fingerprint density at radius 1 is 0.969 bits per heavy atom. The van der Waals surface area contributed by atoms with Crippen LogP contribution < -0.4 is 10.3 Å². The average Bonchev–Trinajstić information content (AvgIpc) is 3.21. The van der Waals surface area contributed by atoms with Crippen LogP contribution in [0.3, 0.4) is 0 Å². The number of nitrogens with zero attached hydrogens (tertiary/aromatic N) is 3. The lowest BCUT2D eigenvalue weighted by molar-refractivity contribution is 0.285. The summed E-state index contributed by atoms with van der Waals surface area (Å²) in [6.45, 7) is 4.12. The molecule has 0 unspecified atom stereocenters. The predicted molar refractivity (Wildman–Crippen MR) is 128 cm³/mol. The molecule has 0 aliphatic carbocycles. The van der Waals surface area contributed by atoms with Crippen LogP contribution in [-0.4, -0.2) is 20.9 Å². The SMILES string of the molecule is Cc1cccc(C)c1OCc1nc2ccccc2c(=O)n1N=Cc1c[nH]c2ccccc12. The second kappa shape index (κ2) is 8.15. The highest BCUT2D eigenvalue weighted by molar-refractivity contribution is 5.98. The molecular formula is C26H22N4O2. The normalized spacial score (nSPS) is 11.6. The molecule has 0 saturated carbocycles. The summed E-state index contributed by atoms with van der Waals surface area (Å²) in [5.74, 6) is 1.23. The number of aromatic amines is 1. The minimum atomic E-state index is -0.230. The van der Waals surface area contributed by atoms with Gasteiger partial charge in [-0.25, -0.2) is 4.98 Å². The first-order valence-corrected chi connectivity index (χ1v) is 10.4. The summed E-state index contributed by atoms with van der Waals surface area (Å²) in [5.41, 5.74) is 4.35. The fourth-order valence-electron chi connectivity index (χ4n) is 3.87. The summed E-state index contributed by atoms with van der Waals surface area (Å²) in [6.07, 6.45) is 3.56. The van der Waals surface area contributed by atoms with E-state index in [1.807, 2.05) is 80.7 Å². The fourth-order valence-corrected chi connectivity index (χ4v) is 3.87. The van der Waals surface area contributed by atoms with E-state index in [4.69, 9.17) is 4.74 Å². The van der Waals surface area contributed by atoms with Gasteiger partial charge in [0.1, 0.15) is 12.4 Å². The van der Waals surface area contributed by atoms with E-state index in [9.17, 15) is 4.79 Å². The molecule has 0 atom stereocenters. The molecule has 0 amide bonds. The van der Waals surface area contributed by atoms with E-state index in [1.54, 1.807) is 12.3 Å². The van der Waals surface area contributed by atoms with Crippen molar-refractivity contribution in [2.75, 3.05) is 0 Å². The summed E-state index contributed by atoms with van der Waals surface area (Å²) in [6, 6.07) is 21.2. The van der Waals surface area contributed by atoms with Crippen molar-refractivity contribution in [2.24, 2.45) is 5.10 Å². The highest BCUT2D eigenvalue weighted by Crippen LogP contribution is 2.23. The molecule has 0 saturated heterocycles. The number of ether oxygens (including phenoxy) is 1. The number of hydrogen-bond donors (Lipinski definition) is 1. The highest BCUT2D eigenvalue weighted by Gasteiger charge is 2.13. The molecule has 3 aromatic carbocycles. The second-order valence-electron chi connectivity index (χ2n) is 7.71.